The first-order valence-electron chi connectivity index (χ1n) is 14.2. The van der Waals surface area contributed by atoms with Crippen LogP contribution in [0.25, 0.3) is 10.9 Å². The lowest BCUT2D eigenvalue weighted by molar-refractivity contribution is -0.142. The van der Waals surface area contributed by atoms with Gasteiger partial charge >= 0.3 is 5.97 Å². The Kier molecular flexibility index (Phi) is 12.4. The number of nitrogens with one attached hydrogen (secondary N) is 4. The fourth-order valence-electron chi connectivity index (χ4n) is 4.63. The molecule has 12 heteroatoms. The predicted octanol–water partition coefficient (Wildman–Crippen LogP) is 2.32. The summed E-state index contributed by atoms with van der Waals surface area (Å²) in [7, 11) is 0. The Hall–Kier alpha value is -4.03. The molecule has 0 saturated carbocycles. The van der Waals surface area contributed by atoms with Gasteiger partial charge in [-0.05, 0) is 53.7 Å². The lowest BCUT2D eigenvalue weighted by Crippen LogP contribution is -2.58. The molecular formula is C31H41N5O6S. The highest BCUT2D eigenvalue weighted by molar-refractivity contribution is 7.98. The molecule has 0 bridgehead atoms. The van der Waals surface area contributed by atoms with Crippen LogP contribution in [0, 0.1) is 5.92 Å². The number of carboxylic acids is 1. The molecule has 0 aliphatic rings. The topological polar surface area (TPSA) is 187 Å². The molecular weight excluding hydrogens is 570 g/mol. The van der Waals surface area contributed by atoms with Crippen LogP contribution >= 0.6 is 11.8 Å². The smallest absolute Gasteiger partial charge is 0.326 e. The summed E-state index contributed by atoms with van der Waals surface area (Å²) in [4.78, 5) is 55.3. The number of para-hydroxylation sites is 1. The molecule has 0 aliphatic carbocycles. The van der Waals surface area contributed by atoms with Gasteiger partial charge in [0.2, 0.25) is 17.7 Å². The number of aromatic amines is 1. The maximum absolute atomic E-state index is 13.6. The number of amides is 3. The number of phenolic OH excluding ortho intramolecular Hbond substituents is 1. The van der Waals surface area contributed by atoms with Crippen molar-refractivity contribution in [3.8, 4) is 5.75 Å². The van der Waals surface area contributed by atoms with E-state index >= 15 is 0 Å². The standard InChI is InChI=1S/C31H41N5O6S/c1-4-18(2)27(32)30(40)34-24(13-14-43-3)28(38)35-25(15-19-9-11-21(37)12-10-19)29(39)36-26(31(41)42)16-20-17-33-23-8-6-5-7-22(20)23/h5-12,17-18,24-27,33,37H,4,13-16,32H2,1-3H3,(H,34,40)(H,35,38)(H,36,39)(H,41,42). The van der Waals surface area contributed by atoms with Crippen molar-refractivity contribution in [3.63, 3.8) is 0 Å². The first-order chi connectivity index (χ1) is 20.5. The third-order valence-electron chi connectivity index (χ3n) is 7.53. The molecule has 0 radical (unpaired) electrons. The van der Waals surface area contributed by atoms with Crippen LogP contribution in [0.4, 0.5) is 0 Å². The number of rotatable bonds is 16. The number of nitrogens with two attached hydrogens (primary N) is 1. The van der Waals surface area contributed by atoms with E-state index < -0.39 is 47.9 Å². The Bertz CT molecular complexity index is 1390. The zero-order valence-electron chi connectivity index (χ0n) is 24.6. The van der Waals surface area contributed by atoms with Crippen molar-refractivity contribution in [3.05, 3.63) is 65.9 Å². The summed E-state index contributed by atoms with van der Waals surface area (Å²) in [5, 5.41) is 28.6. The first-order valence-corrected chi connectivity index (χ1v) is 15.6. The van der Waals surface area contributed by atoms with Crippen molar-refractivity contribution in [2.75, 3.05) is 12.0 Å². The minimum atomic E-state index is -1.27. The molecule has 5 atom stereocenters. The van der Waals surface area contributed by atoms with Gasteiger partial charge in [-0.2, -0.15) is 11.8 Å². The molecule has 232 valence electrons. The molecule has 1 aromatic heterocycles. The second kappa shape index (κ2) is 16.0. The molecule has 43 heavy (non-hydrogen) atoms. The van der Waals surface area contributed by atoms with E-state index in [0.29, 0.717) is 24.2 Å². The van der Waals surface area contributed by atoms with Gasteiger partial charge in [0.05, 0.1) is 6.04 Å². The Labute approximate surface area is 255 Å². The van der Waals surface area contributed by atoms with Gasteiger partial charge in [0.15, 0.2) is 0 Å². The van der Waals surface area contributed by atoms with E-state index in [4.69, 9.17) is 5.73 Å². The van der Waals surface area contributed by atoms with Crippen LogP contribution in [-0.4, -0.2) is 75.1 Å². The SMILES string of the molecule is CCC(C)C(N)C(=O)NC(CCSC)C(=O)NC(Cc1ccc(O)cc1)C(=O)NC(Cc1c[nH]c2ccccc12)C(=O)O. The molecule has 8 N–H and O–H groups in total. The molecule has 0 aliphatic heterocycles. The number of carbonyl (C=O) groups excluding carboxylic acids is 3. The van der Waals surface area contributed by atoms with Crippen molar-refractivity contribution in [2.45, 2.75) is 63.7 Å². The third kappa shape index (κ3) is 9.48. The van der Waals surface area contributed by atoms with Gasteiger partial charge in [-0.1, -0.05) is 50.6 Å². The average molecular weight is 612 g/mol. The molecule has 11 nitrogen and oxygen atoms in total. The van der Waals surface area contributed by atoms with Crippen LogP contribution in [0.3, 0.4) is 0 Å². The number of fused-ring (bicyclic) bond motifs is 1. The average Bonchev–Trinajstić information content (AvgIpc) is 3.41. The van der Waals surface area contributed by atoms with Crippen LogP contribution in [0.15, 0.2) is 54.7 Å². The number of aromatic nitrogens is 1. The van der Waals surface area contributed by atoms with Crippen molar-refractivity contribution < 1.29 is 29.4 Å². The predicted molar refractivity (Wildman–Crippen MR) is 168 cm³/mol. The second-order valence-corrected chi connectivity index (χ2v) is 11.6. The van der Waals surface area contributed by atoms with Crippen LogP contribution < -0.4 is 21.7 Å². The number of hydrogen-bond acceptors (Lipinski definition) is 7. The Morgan fingerprint density at radius 2 is 1.53 bits per heavy atom. The van der Waals surface area contributed by atoms with Crippen molar-refractivity contribution in [2.24, 2.45) is 11.7 Å². The summed E-state index contributed by atoms with van der Waals surface area (Å²) >= 11 is 1.50. The lowest BCUT2D eigenvalue weighted by Gasteiger charge is -2.26. The lowest BCUT2D eigenvalue weighted by atomic mass is 9.99. The number of phenols is 1. The fourth-order valence-corrected chi connectivity index (χ4v) is 5.10. The van der Waals surface area contributed by atoms with E-state index in [-0.39, 0.29) is 24.5 Å². The molecule has 1 heterocycles. The van der Waals surface area contributed by atoms with E-state index in [1.165, 1.54) is 23.9 Å². The van der Waals surface area contributed by atoms with Gasteiger partial charge in [-0.3, -0.25) is 14.4 Å². The molecule has 3 aromatic rings. The fraction of sp³-hybridized carbons (Fsp3) is 0.419. The van der Waals surface area contributed by atoms with Crippen molar-refractivity contribution in [1.29, 1.82) is 0 Å². The monoisotopic (exact) mass is 611 g/mol. The van der Waals surface area contributed by atoms with E-state index in [1.54, 1.807) is 18.3 Å². The highest BCUT2D eigenvalue weighted by Gasteiger charge is 2.31. The summed E-state index contributed by atoms with van der Waals surface area (Å²) in [6.45, 7) is 3.78. The zero-order chi connectivity index (χ0) is 31.5. The maximum atomic E-state index is 13.6. The molecule has 0 spiro atoms. The first kappa shape index (κ1) is 33.5. The molecule has 0 fully saturated rings. The number of H-pyrrole nitrogens is 1. The van der Waals surface area contributed by atoms with Gasteiger partial charge in [0, 0.05) is 29.9 Å². The minimum Gasteiger partial charge on any atom is -0.508 e. The number of aromatic hydroxyl groups is 1. The number of aliphatic carboxylic acids is 1. The highest BCUT2D eigenvalue weighted by atomic mass is 32.2. The van der Waals surface area contributed by atoms with Gasteiger partial charge in [-0.15, -0.1) is 0 Å². The number of thioether (sulfide) groups is 1. The quantitative estimate of drug-likeness (QED) is 0.129. The van der Waals surface area contributed by atoms with Crippen molar-refractivity contribution >= 4 is 46.4 Å². The maximum Gasteiger partial charge on any atom is 0.326 e. The van der Waals surface area contributed by atoms with Gasteiger partial charge in [0.25, 0.3) is 0 Å². The number of carbonyl (C=O) groups is 4. The Morgan fingerprint density at radius 1 is 0.907 bits per heavy atom. The molecule has 3 amide bonds. The highest BCUT2D eigenvalue weighted by Crippen LogP contribution is 2.19. The number of carboxylic acid groups (broad SMARTS) is 1. The van der Waals surface area contributed by atoms with E-state index in [0.717, 1.165) is 16.5 Å². The summed E-state index contributed by atoms with van der Waals surface area (Å²) < 4.78 is 0. The Balaban J connectivity index is 1.82. The van der Waals surface area contributed by atoms with Crippen LogP contribution in [0.2, 0.25) is 0 Å². The minimum absolute atomic E-state index is 0.0187. The third-order valence-corrected chi connectivity index (χ3v) is 8.17. The van der Waals surface area contributed by atoms with Crippen LogP contribution in [0.5, 0.6) is 5.75 Å². The van der Waals surface area contributed by atoms with Crippen LogP contribution in [0.1, 0.15) is 37.8 Å². The summed E-state index contributed by atoms with van der Waals surface area (Å²) in [5.74, 6) is -2.45. The molecule has 3 rings (SSSR count). The number of benzene rings is 2. The van der Waals surface area contributed by atoms with Crippen molar-refractivity contribution in [1.82, 2.24) is 20.9 Å². The van der Waals surface area contributed by atoms with E-state index in [1.807, 2.05) is 44.4 Å². The molecule has 2 aromatic carbocycles. The van der Waals surface area contributed by atoms with E-state index in [2.05, 4.69) is 20.9 Å². The largest absolute Gasteiger partial charge is 0.508 e. The number of hydrogen-bond donors (Lipinski definition) is 7. The van der Waals surface area contributed by atoms with Gasteiger partial charge in [0.1, 0.15) is 23.9 Å². The second-order valence-electron chi connectivity index (χ2n) is 10.6. The van der Waals surface area contributed by atoms with Gasteiger partial charge < -0.3 is 36.9 Å². The van der Waals surface area contributed by atoms with E-state index in [9.17, 15) is 29.4 Å². The summed E-state index contributed by atoms with van der Waals surface area (Å²) in [6.07, 6.45) is 4.62. The zero-order valence-corrected chi connectivity index (χ0v) is 25.4. The molecule has 0 saturated heterocycles. The summed E-state index contributed by atoms with van der Waals surface area (Å²) in [6, 6.07) is 9.40. The van der Waals surface area contributed by atoms with Gasteiger partial charge in [-0.25, -0.2) is 4.79 Å². The summed E-state index contributed by atoms with van der Waals surface area (Å²) in [5.41, 5.74) is 8.29. The Morgan fingerprint density at radius 3 is 2.19 bits per heavy atom. The normalized spacial score (nSPS) is 14.7. The molecule has 5 unspecified atom stereocenters. The van der Waals surface area contributed by atoms with Crippen LogP contribution in [-0.2, 0) is 32.0 Å².